The maximum atomic E-state index is 13.4. The lowest BCUT2D eigenvalue weighted by molar-refractivity contribution is -0.126. The topological polar surface area (TPSA) is 29.1 Å². The normalized spacial score (nSPS) is 23.9. The summed E-state index contributed by atoms with van der Waals surface area (Å²) in [4.78, 5) is 12.1. The van der Waals surface area contributed by atoms with Gasteiger partial charge in [-0.15, -0.1) is 0 Å². The van der Waals surface area contributed by atoms with Gasteiger partial charge in [-0.2, -0.15) is 0 Å². The van der Waals surface area contributed by atoms with Crippen molar-refractivity contribution in [2.24, 2.45) is 5.41 Å². The van der Waals surface area contributed by atoms with Crippen molar-refractivity contribution >= 4 is 5.78 Å². The van der Waals surface area contributed by atoms with Gasteiger partial charge in [-0.1, -0.05) is 13.0 Å². The molecule has 1 aliphatic heterocycles. The minimum Gasteiger partial charge on any atom is -0.316 e. The Kier molecular flexibility index (Phi) is 3.24. The molecule has 1 aromatic carbocycles. The number of hydrogen-bond acceptors (Lipinski definition) is 2. The number of halogens is 2. The van der Waals surface area contributed by atoms with Crippen LogP contribution in [0.3, 0.4) is 0 Å². The summed E-state index contributed by atoms with van der Waals surface area (Å²) in [6.07, 6.45) is 0.805. The number of rotatable bonds is 3. The maximum Gasteiger partial charge on any atom is 0.144 e. The lowest BCUT2D eigenvalue weighted by Gasteiger charge is -2.20. The largest absolute Gasteiger partial charge is 0.316 e. The third-order valence-electron chi connectivity index (χ3n) is 3.41. The Balaban J connectivity index is 2.13. The second-order valence-electron chi connectivity index (χ2n) is 4.82. The van der Waals surface area contributed by atoms with Gasteiger partial charge < -0.3 is 5.32 Å². The number of carbonyl (C=O) groups is 1. The van der Waals surface area contributed by atoms with Crippen molar-refractivity contribution in [2.75, 3.05) is 13.1 Å². The van der Waals surface area contributed by atoms with E-state index in [1.54, 1.807) is 0 Å². The highest BCUT2D eigenvalue weighted by Gasteiger charge is 2.35. The van der Waals surface area contributed by atoms with E-state index in [1.807, 2.05) is 6.92 Å². The lowest BCUT2D eigenvalue weighted by atomic mass is 9.82. The number of benzene rings is 1. The summed E-state index contributed by atoms with van der Waals surface area (Å²) in [5, 5.41) is 3.13. The molecule has 1 aromatic rings. The fourth-order valence-electron chi connectivity index (χ4n) is 2.11. The second-order valence-corrected chi connectivity index (χ2v) is 4.82. The van der Waals surface area contributed by atoms with Crippen molar-refractivity contribution in [2.45, 2.75) is 19.8 Å². The van der Waals surface area contributed by atoms with Gasteiger partial charge in [0, 0.05) is 24.4 Å². The van der Waals surface area contributed by atoms with Crippen molar-refractivity contribution in [1.29, 1.82) is 0 Å². The van der Waals surface area contributed by atoms with Crippen LogP contribution in [0.4, 0.5) is 8.78 Å². The molecule has 1 fully saturated rings. The summed E-state index contributed by atoms with van der Waals surface area (Å²) in [6.45, 7) is 3.33. The van der Waals surface area contributed by atoms with Gasteiger partial charge in [0.15, 0.2) is 0 Å². The molecule has 0 amide bonds. The van der Waals surface area contributed by atoms with Crippen LogP contribution in [0.25, 0.3) is 0 Å². The molecule has 0 radical (unpaired) electrons. The van der Waals surface area contributed by atoms with E-state index >= 15 is 0 Å². The van der Waals surface area contributed by atoms with Crippen LogP contribution in [0.2, 0.25) is 0 Å². The SMILES string of the molecule is CC1(C(=O)Cc2ccc(F)cc2F)CCNC1. The zero-order valence-electron chi connectivity index (χ0n) is 9.72. The quantitative estimate of drug-likeness (QED) is 0.875. The molecule has 2 nitrogen and oxygen atoms in total. The molecule has 1 heterocycles. The first-order valence-corrected chi connectivity index (χ1v) is 5.69. The lowest BCUT2D eigenvalue weighted by Crippen LogP contribution is -2.31. The third kappa shape index (κ3) is 2.52. The Hall–Kier alpha value is -1.29. The van der Waals surface area contributed by atoms with Crippen LogP contribution in [-0.4, -0.2) is 18.9 Å². The van der Waals surface area contributed by atoms with E-state index in [4.69, 9.17) is 0 Å². The van der Waals surface area contributed by atoms with Crippen LogP contribution in [0.5, 0.6) is 0 Å². The van der Waals surface area contributed by atoms with E-state index in [2.05, 4.69) is 5.32 Å². The van der Waals surface area contributed by atoms with Crippen LogP contribution in [0.15, 0.2) is 18.2 Å². The maximum absolute atomic E-state index is 13.4. The summed E-state index contributed by atoms with van der Waals surface area (Å²) in [7, 11) is 0. The molecule has 0 aliphatic carbocycles. The van der Waals surface area contributed by atoms with Crippen LogP contribution < -0.4 is 5.32 Å². The average Bonchev–Trinajstić information content (AvgIpc) is 2.71. The number of hydrogen-bond donors (Lipinski definition) is 1. The Bertz CT molecular complexity index is 439. The molecule has 0 bridgehead atoms. The van der Waals surface area contributed by atoms with Gasteiger partial charge >= 0.3 is 0 Å². The summed E-state index contributed by atoms with van der Waals surface area (Å²) < 4.78 is 26.1. The molecule has 2 rings (SSSR count). The molecule has 4 heteroatoms. The number of Topliss-reactive ketones (excluding diaryl/α,β-unsaturated/α-hetero) is 1. The van der Waals surface area contributed by atoms with Crippen molar-refractivity contribution in [3.8, 4) is 0 Å². The predicted octanol–water partition coefficient (Wildman–Crippen LogP) is 2.08. The van der Waals surface area contributed by atoms with Gasteiger partial charge in [0.25, 0.3) is 0 Å². The highest BCUT2D eigenvalue weighted by atomic mass is 19.1. The van der Waals surface area contributed by atoms with Gasteiger partial charge in [-0.05, 0) is 24.6 Å². The van der Waals surface area contributed by atoms with E-state index in [0.717, 1.165) is 19.0 Å². The summed E-state index contributed by atoms with van der Waals surface area (Å²) >= 11 is 0. The molecular weight excluding hydrogens is 224 g/mol. The predicted molar refractivity (Wildman–Crippen MR) is 60.7 cm³/mol. The Morgan fingerprint density at radius 1 is 1.47 bits per heavy atom. The Morgan fingerprint density at radius 3 is 2.82 bits per heavy atom. The molecule has 0 spiro atoms. The smallest absolute Gasteiger partial charge is 0.144 e. The van der Waals surface area contributed by atoms with Gasteiger partial charge in [0.2, 0.25) is 0 Å². The Morgan fingerprint density at radius 2 is 2.24 bits per heavy atom. The van der Waals surface area contributed by atoms with Gasteiger partial charge in [-0.25, -0.2) is 8.78 Å². The number of carbonyl (C=O) groups excluding carboxylic acids is 1. The highest BCUT2D eigenvalue weighted by molar-refractivity contribution is 5.87. The highest BCUT2D eigenvalue weighted by Crippen LogP contribution is 2.27. The minimum atomic E-state index is -0.645. The van der Waals surface area contributed by atoms with Crippen LogP contribution in [0.1, 0.15) is 18.9 Å². The van der Waals surface area contributed by atoms with E-state index in [1.165, 1.54) is 12.1 Å². The number of nitrogens with one attached hydrogen (secondary N) is 1. The van der Waals surface area contributed by atoms with Crippen LogP contribution in [0, 0.1) is 17.0 Å². The number of ketones is 1. The molecule has 1 unspecified atom stereocenters. The Labute approximate surface area is 99.0 Å². The average molecular weight is 239 g/mol. The molecule has 1 aliphatic rings. The summed E-state index contributed by atoms with van der Waals surface area (Å²) in [5.41, 5.74) is -0.148. The van der Waals surface area contributed by atoms with Crippen molar-refractivity contribution in [3.05, 3.63) is 35.4 Å². The van der Waals surface area contributed by atoms with Crippen molar-refractivity contribution in [3.63, 3.8) is 0 Å². The monoisotopic (exact) mass is 239 g/mol. The molecular formula is C13H15F2NO. The zero-order chi connectivity index (χ0) is 12.5. The van der Waals surface area contributed by atoms with Crippen LogP contribution in [-0.2, 0) is 11.2 Å². The second kappa shape index (κ2) is 4.53. The molecule has 0 aromatic heterocycles. The van der Waals surface area contributed by atoms with Gasteiger partial charge in [0.05, 0.1) is 0 Å². The molecule has 92 valence electrons. The van der Waals surface area contributed by atoms with Crippen molar-refractivity contribution < 1.29 is 13.6 Å². The standard InChI is InChI=1S/C13H15F2NO/c1-13(4-5-16-8-13)12(17)6-9-2-3-10(14)7-11(9)15/h2-3,7,16H,4-6,8H2,1H3. The first-order valence-electron chi connectivity index (χ1n) is 5.69. The first kappa shape index (κ1) is 12.2. The fourth-order valence-corrected chi connectivity index (χ4v) is 2.11. The fraction of sp³-hybridized carbons (Fsp3) is 0.462. The van der Waals surface area contributed by atoms with E-state index < -0.39 is 17.0 Å². The van der Waals surface area contributed by atoms with Crippen LogP contribution >= 0.6 is 0 Å². The van der Waals surface area contributed by atoms with Gasteiger partial charge in [-0.3, -0.25) is 4.79 Å². The first-order chi connectivity index (χ1) is 8.01. The van der Waals surface area contributed by atoms with E-state index in [0.29, 0.717) is 6.54 Å². The molecule has 1 saturated heterocycles. The minimum absolute atomic E-state index is 0.00741. The molecule has 0 saturated carbocycles. The third-order valence-corrected chi connectivity index (χ3v) is 3.41. The zero-order valence-corrected chi connectivity index (χ0v) is 9.72. The van der Waals surface area contributed by atoms with E-state index in [9.17, 15) is 13.6 Å². The van der Waals surface area contributed by atoms with Crippen molar-refractivity contribution in [1.82, 2.24) is 5.32 Å². The summed E-state index contributed by atoms with van der Waals surface area (Å²) in [5.74, 6) is -1.26. The molecule has 1 atom stereocenters. The molecule has 1 N–H and O–H groups in total. The van der Waals surface area contributed by atoms with Gasteiger partial charge in [0.1, 0.15) is 17.4 Å². The molecule has 17 heavy (non-hydrogen) atoms. The summed E-state index contributed by atoms with van der Waals surface area (Å²) in [6, 6.07) is 3.34. The van der Waals surface area contributed by atoms with E-state index in [-0.39, 0.29) is 17.8 Å².